The zero-order valence-electron chi connectivity index (χ0n) is 17.3. The van der Waals surface area contributed by atoms with E-state index in [2.05, 4.69) is 20.7 Å². The quantitative estimate of drug-likeness (QED) is 0.740. The molecule has 9 heteroatoms. The van der Waals surface area contributed by atoms with Crippen molar-refractivity contribution in [2.24, 2.45) is 5.92 Å². The Kier molecular flexibility index (Phi) is 6.46. The van der Waals surface area contributed by atoms with Crippen LogP contribution in [0, 0.1) is 5.92 Å². The van der Waals surface area contributed by atoms with Crippen molar-refractivity contribution in [3.8, 4) is 0 Å². The van der Waals surface area contributed by atoms with E-state index < -0.39 is 15.4 Å². The second-order valence-corrected chi connectivity index (χ2v) is 11.5. The SMILES string of the molecule is CC(C)(NC1CCC(CS(C)(=O)=O)CC1)C(=O)Cc1nnn(C(C)(C)C)n1. The van der Waals surface area contributed by atoms with Crippen molar-refractivity contribution in [2.75, 3.05) is 12.0 Å². The fourth-order valence-corrected chi connectivity index (χ4v) is 4.64. The molecule has 0 atom stereocenters. The Labute approximate surface area is 162 Å². The maximum Gasteiger partial charge on any atom is 0.182 e. The molecular weight excluding hydrogens is 366 g/mol. The van der Waals surface area contributed by atoms with Gasteiger partial charge in [-0.3, -0.25) is 4.79 Å². The standard InChI is InChI=1S/C18H33N5O3S/c1-17(2,3)23-21-16(20-22-23)11-15(24)18(4,5)19-14-9-7-13(8-10-14)12-27(6,25)26/h13-14,19H,7-12H2,1-6H3. The minimum atomic E-state index is -2.93. The van der Waals surface area contributed by atoms with E-state index in [1.165, 1.54) is 11.1 Å². The molecule has 1 aliphatic rings. The number of carbonyl (C=O) groups excluding carboxylic acids is 1. The van der Waals surface area contributed by atoms with Gasteiger partial charge in [-0.25, -0.2) is 8.42 Å². The van der Waals surface area contributed by atoms with Crippen LogP contribution in [0.4, 0.5) is 0 Å². The van der Waals surface area contributed by atoms with Crippen LogP contribution in [-0.2, 0) is 26.6 Å². The summed E-state index contributed by atoms with van der Waals surface area (Å²) in [5.74, 6) is 0.946. The second-order valence-electron chi connectivity index (χ2n) is 9.35. The maximum atomic E-state index is 12.8. The number of rotatable bonds is 7. The molecule has 0 unspecified atom stereocenters. The number of nitrogens with one attached hydrogen (secondary N) is 1. The van der Waals surface area contributed by atoms with Crippen molar-refractivity contribution in [1.82, 2.24) is 25.5 Å². The number of aromatic nitrogens is 4. The number of nitrogens with zero attached hydrogens (tertiary/aromatic N) is 4. The van der Waals surface area contributed by atoms with Gasteiger partial charge < -0.3 is 5.32 Å². The molecule has 1 N–H and O–H groups in total. The molecule has 154 valence electrons. The highest BCUT2D eigenvalue weighted by molar-refractivity contribution is 7.90. The van der Waals surface area contributed by atoms with Crippen molar-refractivity contribution < 1.29 is 13.2 Å². The molecule has 1 aromatic rings. The number of hydrogen-bond donors (Lipinski definition) is 1. The monoisotopic (exact) mass is 399 g/mol. The van der Waals surface area contributed by atoms with E-state index in [1.54, 1.807) is 0 Å². The van der Waals surface area contributed by atoms with Gasteiger partial charge in [-0.05, 0) is 71.4 Å². The van der Waals surface area contributed by atoms with Gasteiger partial charge in [0.05, 0.1) is 23.3 Å². The Morgan fingerprint density at radius 1 is 1.15 bits per heavy atom. The lowest BCUT2D eigenvalue weighted by Crippen LogP contribution is -2.53. The zero-order valence-corrected chi connectivity index (χ0v) is 18.1. The van der Waals surface area contributed by atoms with Crippen LogP contribution in [0.5, 0.6) is 0 Å². The van der Waals surface area contributed by atoms with Crippen LogP contribution in [0.15, 0.2) is 0 Å². The number of carbonyl (C=O) groups is 1. The van der Waals surface area contributed by atoms with Gasteiger partial charge in [0, 0.05) is 12.3 Å². The summed E-state index contributed by atoms with van der Waals surface area (Å²) in [5.41, 5.74) is -0.964. The average molecular weight is 400 g/mol. The first-order valence-electron chi connectivity index (χ1n) is 9.54. The molecule has 1 saturated carbocycles. The summed E-state index contributed by atoms with van der Waals surface area (Å²) in [6.45, 7) is 9.70. The Morgan fingerprint density at radius 3 is 2.22 bits per heavy atom. The van der Waals surface area contributed by atoms with Crippen LogP contribution in [0.1, 0.15) is 66.1 Å². The number of Topliss-reactive ketones (excluding diaryl/α,β-unsaturated/α-hetero) is 1. The third kappa shape index (κ3) is 6.64. The fourth-order valence-electron chi connectivity index (χ4n) is 3.46. The Hall–Kier alpha value is -1.35. The summed E-state index contributed by atoms with van der Waals surface area (Å²) < 4.78 is 22.9. The van der Waals surface area contributed by atoms with Crippen LogP contribution in [0.25, 0.3) is 0 Å². The highest BCUT2D eigenvalue weighted by atomic mass is 32.2. The predicted molar refractivity (Wildman–Crippen MR) is 104 cm³/mol. The molecule has 8 nitrogen and oxygen atoms in total. The number of hydrogen-bond acceptors (Lipinski definition) is 7. The van der Waals surface area contributed by atoms with E-state index in [0.717, 1.165) is 25.7 Å². The first kappa shape index (κ1) is 21.9. The lowest BCUT2D eigenvalue weighted by Gasteiger charge is -2.35. The van der Waals surface area contributed by atoms with E-state index in [1.807, 2.05) is 34.6 Å². The molecule has 1 heterocycles. The van der Waals surface area contributed by atoms with Gasteiger partial charge in [0.1, 0.15) is 9.84 Å². The number of ketones is 1. The van der Waals surface area contributed by atoms with Gasteiger partial charge in [0.15, 0.2) is 11.6 Å². The zero-order chi connectivity index (χ0) is 20.5. The van der Waals surface area contributed by atoms with Crippen molar-refractivity contribution >= 4 is 15.6 Å². The topological polar surface area (TPSA) is 107 Å². The number of sulfone groups is 1. The van der Waals surface area contributed by atoms with Crippen molar-refractivity contribution in [2.45, 2.75) is 83.8 Å². The Morgan fingerprint density at radius 2 is 1.74 bits per heavy atom. The smallest absolute Gasteiger partial charge is 0.182 e. The average Bonchev–Trinajstić information content (AvgIpc) is 2.96. The molecule has 0 radical (unpaired) electrons. The summed E-state index contributed by atoms with van der Waals surface area (Å²) in [5, 5.41) is 15.8. The van der Waals surface area contributed by atoms with E-state index in [4.69, 9.17) is 0 Å². The normalized spacial score (nSPS) is 22.0. The molecule has 1 aliphatic carbocycles. The van der Waals surface area contributed by atoms with Crippen LogP contribution < -0.4 is 5.32 Å². The predicted octanol–water partition coefficient (Wildman–Crippen LogP) is 1.51. The molecule has 2 rings (SSSR count). The minimum absolute atomic E-state index is 0.0224. The Balaban J connectivity index is 1.89. The van der Waals surface area contributed by atoms with Gasteiger partial charge in [0.2, 0.25) is 0 Å². The van der Waals surface area contributed by atoms with Gasteiger partial charge in [-0.1, -0.05) is 0 Å². The summed E-state index contributed by atoms with van der Waals surface area (Å²) >= 11 is 0. The van der Waals surface area contributed by atoms with E-state index in [-0.39, 0.29) is 35.5 Å². The lowest BCUT2D eigenvalue weighted by atomic mass is 9.85. The first-order chi connectivity index (χ1) is 12.3. The lowest BCUT2D eigenvalue weighted by molar-refractivity contribution is -0.124. The maximum absolute atomic E-state index is 12.8. The van der Waals surface area contributed by atoms with Crippen molar-refractivity contribution in [1.29, 1.82) is 0 Å². The first-order valence-corrected chi connectivity index (χ1v) is 11.6. The second kappa shape index (κ2) is 7.95. The fraction of sp³-hybridized carbons (Fsp3) is 0.889. The third-order valence-electron chi connectivity index (χ3n) is 5.02. The molecule has 27 heavy (non-hydrogen) atoms. The molecule has 1 aromatic heterocycles. The van der Waals surface area contributed by atoms with Crippen LogP contribution in [0.3, 0.4) is 0 Å². The number of tetrazole rings is 1. The molecule has 0 bridgehead atoms. The van der Waals surface area contributed by atoms with Gasteiger partial charge in [0.25, 0.3) is 0 Å². The van der Waals surface area contributed by atoms with E-state index in [9.17, 15) is 13.2 Å². The van der Waals surface area contributed by atoms with Gasteiger partial charge >= 0.3 is 0 Å². The molecule has 0 aromatic carbocycles. The van der Waals surface area contributed by atoms with E-state index >= 15 is 0 Å². The molecule has 0 amide bonds. The van der Waals surface area contributed by atoms with Crippen LogP contribution in [-0.4, -0.2) is 58.0 Å². The van der Waals surface area contributed by atoms with Crippen molar-refractivity contribution in [3.05, 3.63) is 5.82 Å². The summed E-state index contributed by atoms with van der Waals surface area (Å²) in [7, 11) is -2.93. The van der Waals surface area contributed by atoms with Crippen LogP contribution >= 0.6 is 0 Å². The third-order valence-corrected chi connectivity index (χ3v) is 6.10. The minimum Gasteiger partial charge on any atom is -0.303 e. The molecule has 0 saturated heterocycles. The van der Waals surface area contributed by atoms with Crippen LogP contribution in [0.2, 0.25) is 0 Å². The largest absolute Gasteiger partial charge is 0.303 e. The molecule has 0 spiro atoms. The summed E-state index contributed by atoms with van der Waals surface area (Å²) in [6.07, 6.45) is 4.94. The molecular formula is C18H33N5O3S. The summed E-state index contributed by atoms with van der Waals surface area (Å²) in [4.78, 5) is 14.3. The van der Waals surface area contributed by atoms with Gasteiger partial charge in [-0.15, -0.1) is 10.2 Å². The van der Waals surface area contributed by atoms with E-state index in [0.29, 0.717) is 5.82 Å². The molecule has 0 aliphatic heterocycles. The molecule has 1 fully saturated rings. The highest BCUT2D eigenvalue weighted by Gasteiger charge is 2.33. The summed E-state index contributed by atoms with van der Waals surface area (Å²) in [6, 6.07) is 0.220. The van der Waals surface area contributed by atoms with Gasteiger partial charge in [-0.2, -0.15) is 4.80 Å². The highest BCUT2D eigenvalue weighted by Crippen LogP contribution is 2.27. The van der Waals surface area contributed by atoms with Crippen molar-refractivity contribution in [3.63, 3.8) is 0 Å². The Bertz CT molecular complexity index is 756.